The van der Waals surface area contributed by atoms with E-state index >= 15 is 0 Å². The highest BCUT2D eigenvalue weighted by Gasteiger charge is 2.36. The molecule has 0 N–H and O–H groups in total. The fourth-order valence-electron chi connectivity index (χ4n) is 6.77. The van der Waals surface area contributed by atoms with E-state index < -0.39 is 0 Å². The van der Waals surface area contributed by atoms with Crippen molar-refractivity contribution >= 4 is 5.97 Å². The molecular weight excluding hydrogens is 542 g/mol. The van der Waals surface area contributed by atoms with Crippen LogP contribution in [0.2, 0.25) is 0 Å². The van der Waals surface area contributed by atoms with Crippen LogP contribution in [0.5, 0.6) is 5.75 Å². The molecule has 4 nitrogen and oxygen atoms in total. The van der Waals surface area contributed by atoms with Gasteiger partial charge in [0.15, 0.2) is 0 Å². The van der Waals surface area contributed by atoms with Crippen LogP contribution in [0.1, 0.15) is 141 Å². The van der Waals surface area contributed by atoms with Gasteiger partial charge >= 0.3 is 5.97 Å². The summed E-state index contributed by atoms with van der Waals surface area (Å²) in [7, 11) is 0. The third-order valence-corrected chi connectivity index (χ3v) is 9.41. The van der Waals surface area contributed by atoms with Gasteiger partial charge in [-0.2, -0.15) is 5.26 Å². The number of hydrogen-bond donors (Lipinski definition) is 0. The summed E-state index contributed by atoms with van der Waals surface area (Å²) < 4.78 is 11.3. The Hall–Kier alpha value is -3.06. The highest BCUT2D eigenvalue weighted by molar-refractivity contribution is 5.81. The van der Waals surface area contributed by atoms with Crippen LogP contribution in [0.25, 0.3) is 11.1 Å². The minimum Gasteiger partial charge on any atom is -0.490 e. The second-order valence-corrected chi connectivity index (χ2v) is 13.0. The molecule has 1 fully saturated rings. The van der Waals surface area contributed by atoms with E-state index in [0.29, 0.717) is 18.6 Å². The highest BCUT2D eigenvalue weighted by atomic mass is 16.5. The normalized spacial score (nSPS) is 18.7. The van der Waals surface area contributed by atoms with Gasteiger partial charge < -0.3 is 9.47 Å². The van der Waals surface area contributed by atoms with Crippen LogP contribution in [0.15, 0.2) is 61.2 Å². The second kappa shape index (κ2) is 20.1. The average molecular weight is 600 g/mol. The lowest BCUT2D eigenvalue weighted by Gasteiger charge is -2.36. The molecule has 0 amide bonds. The van der Waals surface area contributed by atoms with Gasteiger partial charge in [-0.15, -0.1) is 0 Å². The van der Waals surface area contributed by atoms with Gasteiger partial charge in [-0.1, -0.05) is 127 Å². The van der Waals surface area contributed by atoms with Gasteiger partial charge in [-0.3, -0.25) is 0 Å². The van der Waals surface area contributed by atoms with Crippen molar-refractivity contribution in [1.82, 2.24) is 0 Å². The topological polar surface area (TPSA) is 59.3 Å². The molecule has 0 bridgehead atoms. The number of unbranched alkanes of at least 4 members (excludes halogenated alkanes) is 8. The third kappa shape index (κ3) is 12.1. The van der Waals surface area contributed by atoms with Crippen molar-refractivity contribution in [3.8, 4) is 22.9 Å². The van der Waals surface area contributed by atoms with E-state index in [1.165, 1.54) is 74.1 Å². The van der Waals surface area contributed by atoms with E-state index in [2.05, 4.69) is 75.0 Å². The van der Waals surface area contributed by atoms with E-state index in [1.807, 2.05) is 0 Å². The predicted octanol–water partition coefficient (Wildman–Crippen LogP) is 11.5. The van der Waals surface area contributed by atoms with Gasteiger partial charge in [-0.25, -0.2) is 4.79 Å². The first-order valence-electron chi connectivity index (χ1n) is 17.6. The number of nitriles is 1. The maximum Gasteiger partial charge on any atom is 0.330 e. The number of ether oxygens (including phenoxy) is 2. The van der Waals surface area contributed by atoms with Gasteiger partial charge in [-0.05, 0) is 79.7 Å². The molecule has 1 saturated carbocycles. The van der Waals surface area contributed by atoms with Gasteiger partial charge in [0.2, 0.25) is 0 Å². The largest absolute Gasteiger partial charge is 0.490 e. The summed E-state index contributed by atoms with van der Waals surface area (Å²) in [6, 6.07) is 20.5. The van der Waals surface area contributed by atoms with Gasteiger partial charge in [0.25, 0.3) is 0 Å². The monoisotopic (exact) mass is 599 g/mol. The van der Waals surface area contributed by atoms with Crippen molar-refractivity contribution in [1.29, 1.82) is 5.26 Å². The summed E-state index contributed by atoms with van der Waals surface area (Å²) in [5, 5.41) is 10.2. The van der Waals surface area contributed by atoms with Crippen LogP contribution in [0.3, 0.4) is 0 Å². The van der Waals surface area contributed by atoms with Gasteiger partial charge in [0.1, 0.15) is 5.75 Å². The lowest BCUT2D eigenvalue weighted by Crippen LogP contribution is -2.26. The fourth-order valence-corrected chi connectivity index (χ4v) is 6.77. The van der Waals surface area contributed by atoms with Gasteiger partial charge in [0.05, 0.1) is 24.2 Å². The Bertz CT molecular complexity index is 1130. The van der Waals surface area contributed by atoms with Crippen molar-refractivity contribution in [2.75, 3.05) is 6.61 Å². The number of hydrogen-bond acceptors (Lipinski definition) is 4. The number of esters is 1. The lowest BCUT2D eigenvalue weighted by molar-refractivity contribution is -0.137. The molecule has 3 unspecified atom stereocenters. The molecule has 44 heavy (non-hydrogen) atoms. The first-order chi connectivity index (χ1) is 21.5. The number of carbonyl (C=O) groups excluding carboxylic acids is 1. The quantitative estimate of drug-likeness (QED) is 0.0813. The number of nitrogens with zero attached hydrogens (tertiary/aromatic N) is 1. The Morgan fingerprint density at radius 3 is 2.16 bits per heavy atom. The predicted molar refractivity (Wildman–Crippen MR) is 183 cm³/mol. The molecule has 3 atom stereocenters. The molecule has 0 radical (unpaired) electrons. The average Bonchev–Trinajstić information content (AvgIpc) is 3.06. The van der Waals surface area contributed by atoms with Crippen LogP contribution in [-0.4, -0.2) is 18.7 Å². The highest BCUT2D eigenvalue weighted by Crippen LogP contribution is 2.47. The van der Waals surface area contributed by atoms with Crippen molar-refractivity contribution in [3.05, 3.63) is 66.7 Å². The van der Waals surface area contributed by atoms with Crippen molar-refractivity contribution in [3.63, 3.8) is 0 Å². The zero-order valence-electron chi connectivity index (χ0n) is 27.7. The minimum atomic E-state index is -0.330. The van der Waals surface area contributed by atoms with E-state index in [-0.39, 0.29) is 11.4 Å². The maximum atomic E-state index is 11.1. The van der Waals surface area contributed by atoms with Crippen molar-refractivity contribution < 1.29 is 14.3 Å². The molecule has 1 aliphatic carbocycles. The maximum absolute atomic E-state index is 11.1. The van der Waals surface area contributed by atoms with E-state index in [0.717, 1.165) is 70.0 Å². The lowest BCUT2D eigenvalue weighted by atomic mass is 9.66. The zero-order valence-corrected chi connectivity index (χ0v) is 27.7. The summed E-state index contributed by atoms with van der Waals surface area (Å²) in [5.41, 5.74) is 3.65. The molecule has 4 heteroatoms. The molecule has 0 spiro atoms. The van der Waals surface area contributed by atoms with Crippen LogP contribution in [-0.2, 0) is 9.53 Å². The van der Waals surface area contributed by atoms with Crippen LogP contribution in [0, 0.1) is 16.7 Å². The first kappa shape index (κ1) is 35.4. The number of carbonyl (C=O) groups is 1. The van der Waals surface area contributed by atoms with E-state index in [1.54, 1.807) is 0 Å². The van der Waals surface area contributed by atoms with Crippen LogP contribution < -0.4 is 4.74 Å². The number of rotatable bonds is 21. The SMILES string of the molecule is C=CC(=O)OCCCCCCCCCCC1(C#N)CCCC(c2ccc(-c3ccc(OC(CCC)CCCC)cc3)cc2)C1. The van der Waals surface area contributed by atoms with E-state index in [4.69, 9.17) is 9.47 Å². The van der Waals surface area contributed by atoms with Gasteiger partial charge in [0, 0.05) is 6.08 Å². The molecule has 1 aliphatic rings. The molecule has 2 aromatic rings. The molecule has 0 aliphatic heterocycles. The third-order valence-electron chi connectivity index (χ3n) is 9.41. The van der Waals surface area contributed by atoms with Crippen LogP contribution in [0.4, 0.5) is 0 Å². The summed E-state index contributed by atoms with van der Waals surface area (Å²) in [6.45, 7) is 8.38. The molecule has 0 heterocycles. The first-order valence-corrected chi connectivity index (χ1v) is 17.6. The summed E-state index contributed by atoms with van der Waals surface area (Å²) in [6.07, 6.45) is 22.0. The van der Waals surface area contributed by atoms with Crippen molar-refractivity contribution in [2.45, 2.75) is 141 Å². The smallest absolute Gasteiger partial charge is 0.330 e. The number of benzene rings is 2. The minimum absolute atomic E-state index is 0.174. The molecular formula is C40H57NO3. The Labute approximate surface area is 268 Å². The molecule has 3 rings (SSSR count). The zero-order chi connectivity index (χ0) is 31.5. The Balaban J connectivity index is 1.41. The molecule has 2 aromatic carbocycles. The van der Waals surface area contributed by atoms with E-state index in [9.17, 15) is 10.1 Å². The Morgan fingerprint density at radius 1 is 0.909 bits per heavy atom. The standard InChI is InChI=1S/C40H57NO3/c1-4-7-19-37(17-5-2)44-38-26-24-34(25-27-38)33-20-22-35(23-21-33)36-18-16-29-40(31-36,32-41)28-14-12-10-8-9-11-13-15-30-43-39(42)6-3/h6,20-27,36-37H,3-5,7-19,28-31H2,1-2H3. The second-order valence-electron chi connectivity index (χ2n) is 13.0. The van der Waals surface area contributed by atoms with Crippen LogP contribution >= 0.6 is 0 Å². The summed E-state index contributed by atoms with van der Waals surface area (Å²) in [5.74, 6) is 1.11. The molecule has 0 aromatic heterocycles. The molecule has 0 saturated heterocycles. The fraction of sp³-hybridized carbons (Fsp3) is 0.600. The molecule has 240 valence electrons. The Morgan fingerprint density at radius 2 is 1.55 bits per heavy atom. The Kier molecular flexibility index (Phi) is 16.2. The van der Waals surface area contributed by atoms with Crippen molar-refractivity contribution in [2.24, 2.45) is 5.41 Å². The summed E-state index contributed by atoms with van der Waals surface area (Å²) >= 11 is 0. The summed E-state index contributed by atoms with van der Waals surface area (Å²) in [4.78, 5) is 11.1.